The van der Waals surface area contributed by atoms with Gasteiger partial charge in [-0.1, -0.05) is 62.3 Å². The Labute approximate surface area is 277 Å². The molecule has 7 atom stereocenters. The average molecular weight is 645 g/mol. The molecule has 0 spiro atoms. The van der Waals surface area contributed by atoms with Crippen molar-refractivity contribution in [2.24, 2.45) is 17.8 Å². The molecule has 4 aliphatic rings. The summed E-state index contributed by atoms with van der Waals surface area (Å²) in [5.41, 5.74) is 4.56. The zero-order valence-electron chi connectivity index (χ0n) is 27.5. The number of phenols is 3. The highest BCUT2D eigenvalue weighted by Crippen LogP contribution is 2.53. The SMILES string of the molecule is COc1c(O)c(O)c(CO)c([C@@H]2C[C@H](O)[C@@H]3CC[C@@H](c4ccc(O)c([C@H]5CCC[C@H](C6CCCC6)C5)c4)C[C@@H]3O2)c1Cc1cc[n-]c1. The third-order valence-corrected chi connectivity index (χ3v) is 12.2. The van der Waals surface area contributed by atoms with Crippen LogP contribution < -0.4 is 9.72 Å². The molecular weight excluding hydrogens is 594 g/mol. The molecule has 8 nitrogen and oxygen atoms in total. The maximum atomic E-state index is 11.5. The van der Waals surface area contributed by atoms with E-state index in [2.05, 4.69) is 17.1 Å². The lowest BCUT2D eigenvalue weighted by Gasteiger charge is -2.46. The number of aromatic hydroxyl groups is 3. The summed E-state index contributed by atoms with van der Waals surface area (Å²) >= 11 is 0. The minimum absolute atomic E-state index is 0.0162. The zero-order valence-corrected chi connectivity index (χ0v) is 27.5. The van der Waals surface area contributed by atoms with Crippen LogP contribution in [0.1, 0.15) is 128 Å². The topological polar surface area (TPSA) is 134 Å². The second-order valence-corrected chi connectivity index (χ2v) is 14.7. The quantitative estimate of drug-likeness (QED) is 0.164. The van der Waals surface area contributed by atoms with Gasteiger partial charge in [0.05, 0.1) is 32.0 Å². The van der Waals surface area contributed by atoms with Gasteiger partial charge in [-0.25, -0.2) is 0 Å². The summed E-state index contributed by atoms with van der Waals surface area (Å²) < 4.78 is 12.5. The summed E-state index contributed by atoms with van der Waals surface area (Å²) in [6.07, 6.45) is 15.4. The Hall–Kier alpha value is -3.20. The summed E-state index contributed by atoms with van der Waals surface area (Å²) in [5, 5.41) is 54.8. The van der Waals surface area contributed by atoms with Gasteiger partial charge in [0, 0.05) is 23.5 Å². The summed E-state index contributed by atoms with van der Waals surface area (Å²) in [5.74, 6) is 1.92. The maximum absolute atomic E-state index is 11.5. The number of rotatable bonds is 8. The van der Waals surface area contributed by atoms with Crippen LogP contribution in [0.4, 0.5) is 0 Å². The van der Waals surface area contributed by atoms with Gasteiger partial charge in [0.15, 0.2) is 11.5 Å². The Morgan fingerprint density at radius 1 is 0.851 bits per heavy atom. The molecule has 3 aromatic rings. The average Bonchev–Trinajstić information content (AvgIpc) is 3.82. The first kappa shape index (κ1) is 32.4. The molecule has 0 bridgehead atoms. The number of hydrogen-bond acceptors (Lipinski definition) is 7. The van der Waals surface area contributed by atoms with E-state index in [-0.39, 0.29) is 29.3 Å². The van der Waals surface area contributed by atoms with Gasteiger partial charge in [0.25, 0.3) is 0 Å². The number of aromatic nitrogens is 1. The molecule has 1 aromatic heterocycles. The molecule has 7 rings (SSSR count). The van der Waals surface area contributed by atoms with Gasteiger partial charge >= 0.3 is 0 Å². The second kappa shape index (κ2) is 13.7. The number of nitrogens with zero attached hydrogens (tertiary/aromatic N) is 1. The number of hydrogen-bond donors (Lipinski definition) is 5. The van der Waals surface area contributed by atoms with Crippen molar-refractivity contribution in [3.05, 3.63) is 70.0 Å². The fourth-order valence-corrected chi connectivity index (χ4v) is 9.82. The normalized spacial score (nSPS) is 29.9. The third-order valence-electron chi connectivity index (χ3n) is 12.2. The molecule has 5 N–H and O–H groups in total. The van der Waals surface area contributed by atoms with Crippen molar-refractivity contribution in [2.75, 3.05) is 7.11 Å². The monoisotopic (exact) mass is 644 g/mol. The summed E-state index contributed by atoms with van der Waals surface area (Å²) in [7, 11) is 1.44. The van der Waals surface area contributed by atoms with Crippen molar-refractivity contribution in [1.29, 1.82) is 0 Å². The van der Waals surface area contributed by atoms with Crippen molar-refractivity contribution >= 4 is 0 Å². The van der Waals surface area contributed by atoms with Crippen LogP contribution in [0.2, 0.25) is 0 Å². The first-order valence-corrected chi connectivity index (χ1v) is 17.8. The Bertz CT molecular complexity index is 1530. The van der Waals surface area contributed by atoms with E-state index in [4.69, 9.17) is 9.47 Å². The van der Waals surface area contributed by atoms with Crippen molar-refractivity contribution in [2.45, 2.75) is 120 Å². The lowest BCUT2D eigenvalue weighted by Crippen LogP contribution is -2.44. The standard InChI is InChI=1S/C39H50NO7/c1-46-39-30(15-22-13-14-40-20-22)36(31(21-41)37(44)38(39)45)35-19-33(43)28-11-9-26(18-34(28)47-35)25-10-12-32(42)29(17-25)27-8-4-7-24(16-27)23-5-2-3-6-23/h10,12-14,17,20,23-24,26-28,33-35,41-45H,2-9,11,15-16,18-19,21H2,1H3/q-1/t24-,26+,27-,28-,33-,34-,35-/m0/s1. The van der Waals surface area contributed by atoms with Crippen LogP contribution in [0.3, 0.4) is 0 Å². The van der Waals surface area contributed by atoms with E-state index in [9.17, 15) is 25.5 Å². The Balaban J connectivity index is 1.15. The first-order chi connectivity index (χ1) is 22.9. The fourth-order valence-electron chi connectivity index (χ4n) is 9.82. The van der Waals surface area contributed by atoms with E-state index in [1.54, 1.807) is 12.4 Å². The van der Waals surface area contributed by atoms with Crippen molar-refractivity contribution in [1.82, 2.24) is 4.98 Å². The molecule has 2 aromatic carbocycles. The number of ether oxygens (including phenoxy) is 2. The number of aliphatic hydroxyl groups excluding tert-OH is 2. The number of fused-ring (bicyclic) bond motifs is 1. The van der Waals surface area contributed by atoms with Crippen molar-refractivity contribution < 1.29 is 35.0 Å². The molecule has 2 heterocycles. The van der Waals surface area contributed by atoms with Gasteiger partial charge in [-0.05, 0) is 85.0 Å². The van der Waals surface area contributed by atoms with Crippen LogP contribution in [0.5, 0.6) is 23.0 Å². The fraction of sp³-hybridized carbons (Fsp3) is 0.590. The number of phenolic OH excluding ortho intramolecular Hbond substituents is 2. The summed E-state index contributed by atoms with van der Waals surface area (Å²) in [6, 6.07) is 8.09. The maximum Gasteiger partial charge on any atom is 0.201 e. The Morgan fingerprint density at radius 3 is 2.40 bits per heavy atom. The highest BCUT2D eigenvalue weighted by molar-refractivity contribution is 5.64. The summed E-state index contributed by atoms with van der Waals surface area (Å²) in [4.78, 5) is 4.18. The summed E-state index contributed by atoms with van der Waals surface area (Å²) in [6.45, 7) is -0.503. The van der Waals surface area contributed by atoms with E-state index < -0.39 is 30.3 Å². The molecule has 254 valence electrons. The van der Waals surface area contributed by atoms with E-state index in [1.165, 1.54) is 57.6 Å². The number of benzene rings is 2. The van der Waals surface area contributed by atoms with Crippen LogP contribution in [-0.4, -0.2) is 44.9 Å². The molecule has 0 radical (unpaired) electrons. The largest absolute Gasteiger partial charge is 0.670 e. The molecule has 3 aliphatic carbocycles. The second-order valence-electron chi connectivity index (χ2n) is 14.7. The molecule has 1 saturated heterocycles. The minimum atomic E-state index is -0.619. The predicted octanol–water partition coefficient (Wildman–Crippen LogP) is 7.09. The Kier molecular flexibility index (Phi) is 9.45. The molecule has 4 fully saturated rings. The van der Waals surface area contributed by atoms with E-state index in [0.717, 1.165) is 48.6 Å². The van der Waals surface area contributed by atoms with Crippen molar-refractivity contribution in [3.63, 3.8) is 0 Å². The van der Waals surface area contributed by atoms with Crippen LogP contribution in [0, 0.1) is 17.8 Å². The van der Waals surface area contributed by atoms with Crippen LogP contribution in [-0.2, 0) is 17.8 Å². The van der Waals surface area contributed by atoms with Crippen LogP contribution in [0.25, 0.3) is 0 Å². The molecule has 0 unspecified atom stereocenters. The minimum Gasteiger partial charge on any atom is -0.670 e. The highest BCUT2D eigenvalue weighted by Gasteiger charge is 2.44. The molecule has 1 aliphatic heterocycles. The van der Waals surface area contributed by atoms with E-state index in [0.29, 0.717) is 35.6 Å². The van der Waals surface area contributed by atoms with Crippen LogP contribution >= 0.6 is 0 Å². The van der Waals surface area contributed by atoms with Gasteiger partial charge in [0.1, 0.15) is 5.75 Å². The molecule has 3 saturated carbocycles. The molecular formula is C39H50NO7-. The number of methoxy groups -OCH3 is 1. The smallest absolute Gasteiger partial charge is 0.201 e. The van der Waals surface area contributed by atoms with E-state index >= 15 is 0 Å². The van der Waals surface area contributed by atoms with Gasteiger partial charge < -0.3 is 40.0 Å². The van der Waals surface area contributed by atoms with Gasteiger partial charge in [0.2, 0.25) is 5.75 Å². The molecule has 8 heteroatoms. The molecule has 0 amide bonds. The highest BCUT2D eigenvalue weighted by atomic mass is 16.5. The first-order valence-electron chi connectivity index (χ1n) is 17.8. The lowest BCUT2D eigenvalue weighted by atomic mass is 9.70. The van der Waals surface area contributed by atoms with Gasteiger partial charge in [-0.2, -0.15) is 12.4 Å². The molecule has 47 heavy (non-hydrogen) atoms. The lowest BCUT2D eigenvalue weighted by molar-refractivity contribution is -0.154. The van der Waals surface area contributed by atoms with Gasteiger partial charge in [-0.15, -0.1) is 0 Å². The third kappa shape index (κ3) is 6.25. The predicted molar refractivity (Wildman–Crippen MR) is 178 cm³/mol. The Morgan fingerprint density at radius 2 is 1.66 bits per heavy atom. The van der Waals surface area contributed by atoms with Gasteiger partial charge in [-0.3, -0.25) is 0 Å². The van der Waals surface area contributed by atoms with Crippen molar-refractivity contribution in [3.8, 4) is 23.0 Å². The van der Waals surface area contributed by atoms with E-state index in [1.807, 2.05) is 12.1 Å². The number of aliphatic hydroxyl groups is 2. The zero-order chi connectivity index (χ0) is 32.7. The van der Waals surface area contributed by atoms with Crippen LogP contribution in [0.15, 0.2) is 36.7 Å².